The van der Waals surface area contributed by atoms with Crippen LogP contribution in [0.15, 0.2) is 54.7 Å². The van der Waals surface area contributed by atoms with Gasteiger partial charge >= 0.3 is 0 Å². The maximum absolute atomic E-state index is 12.3. The average Bonchev–Trinajstić information content (AvgIpc) is 3.12. The number of fused-ring (bicyclic) bond motifs is 2. The number of aromatic amines is 1. The van der Waals surface area contributed by atoms with Gasteiger partial charge < -0.3 is 10.3 Å². The van der Waals surface area contributed by atoms with Crippen molar-refractivity contribution in [2.45, 2.75) is 19.4 Å². The fraction of sp³-hybridized carbons (Fsp3) is 0.286. The number of rotatable bonds is 5. The fourth-order valence-corrected chi connectivity index (χ4v) is 3.54. The highest BCUT2D eigenvalue weighted by molar-refractivity contribution is 5.97. The van der Waals surface area contributed by atoms with Gasteiger partial charge in [0.15, 0.2) is 0 Å². The van der Waals surface area contributed by atoms with Crippen LogP contribution < -0.4 is 5.32 Å². The van der Waals surface area contributed by atoms with Gasteiger partial charge in [0.05, 0.1) is 0 Å². The molecule has 1 aromatic heterocycles. The van der Waals surface area contributed by atoms with Gasteiger partial charge in [-0.2, -0.15) is 0 Å². The maximum atomic E-state index is 12.3. The number of amides is 1. The van der Waals surface area contributed by atoms with Gasteiger partial charge in [0.25, 0.3) is 5.91 Å². The van der Waals surface area contributed by atoms with Gasteiger partial charge in [0.2, 0.25) is 0 Å². The third-order valence-electron chi connectivity index (χ3n) is 4.96. The lowest BCUT2D eigenvalue weighted by Gasteiger charge is -2.28. The first-order chi connectivity index (χ1) is 12.3. The molecule has 25 heavy (non-hydrogen) atoms. The van der Waals surface area contributed by atoms with Crippen LogP contribution in [0, 0.1) is 0 Å². The summed E-state index contributed by atoms with van der Waals surface area (Å²) in [6.07, 6.45) is 3.99. The van der Waals surface area contributed by atoms with E-state index >= 15 is 0 Å². The molecule has 4 heteroatoms. The summed E-state index contributed by atoms with van der Waals surface area (Å²) in [5.74, 6) is 0.000454. The summed E-state index contributed by atoms with van der Waals surface area (Å²) in [7, 11) is 0. The van der Waals surface area contributed by atoms with Crippen molar-refractivity contribution in [1.29, 1.82) is 0 Å². The van der Waals surface area contributed by atoms with Gasteiger partial charge in [-0.15, -0.1) is 0 Å². The molecule has 3 aromatic rings. The molecule has 128 valence electrons. The minimum absolute atomic E-state index is 0.000454. The van der Waals surface area contributed by atoms with Crippen molar-refractivity contribution in [2.75, 3.05) is 19.6 Å². The summed E-state index contributed by atoms with van der Waals surface area (Å²) in [6.45, 7) is 3.85. The van der Waals surface area contributed by atoms with Gasteiger partial charge in [0.1, 0.15) is 0 Å². The van der Waals surface area contributed by atoms with Crippen molar-refractivity contribution in [3.05, 3.63) is 71.4 Å². The second kappa shape index (κ2) is 7.11. The lowest BCUT2D eigenvalue weighted by molar-refractivity contribution is 0.0951. The van der Waals surface area contributed by atoms with Crippen molar-refractivity contribution < 1.29 is 4.79 Å². The van der Waals surface area contributed by atoms with Gasteiger partial charge in [-0.05, 0) is 47.6 Å². The molecule has 2 aromatic carbocycles. The number of carbonyl (C=O) groups is 1. The van der Waals surface area contributed by atoms with Crippen LogP contribution in [0.5, 0.6) is 0 Å². The smallest absolute Gasteiger partial charge is 0.251 e. The van der Waals surface area contributed by atoms with Gasteiger partial charge in [-0.3, -0.25) is 9.69 Å². The Morgan fingerprint density at radius 2 is 2.00 bits per heavy atom. The van der Waals surface area contributed by atoms with Crippen molar-refractivity contribution in [1.82, 2.24) is 15.2 Å². The molecule has 0 saturated carbocycles. The zero-order valence-electron chi connectivity index (χ0n) is 14.3. The predicted octanol–water partition coefficient (Wildman–Crippen LogP) is 3.35. The van der Waals surface area contributed by atoms with E-state index in [1.807, 2.05) is 30.5 Å². The molecule has 0 fully saturated rings. The summed E-state index contributed by atoms with van der Waals surface area (Å²) in [5.41, 5.74) is 4.63. The Kier molecular flexibility index (Phi) is 4.53. The molecule has 2 N–H and O–H groups in total. The SMILES string of the molecule is O=C(NCCCN1CCc2ccccc2C1)c1ccc2cc[nH]c2c1. The lowest BCUT2D eigenvalue weighted by atomic mass is 10.00. The third kappa shape index (κ3) is 3.59. The minimum atomic E-state index is 0.000454. The van der Waals surface area contributed by atoms with E-state index in [4.69, 9.17) is 0 Å². The van der Waals surface area contributed by atoms with E-state index in [0.29, 0.717) is 12.1 Å². The van der Waals surface area contributed by atoms with Crippen molar-refractivity contribution in [3.63, 3.8) is 0 Å². The number of nitrogens with zero attached hydrogens (tertiary/aromatic N) is 1. The summed E-state index contributed by atoms with van der Waals surface area (Å²) in [5, 5.41) is 4.16. The highest BCUT2D eigenvalue weighted by Gasteiger charge is 2.15. The van der Waals surface area contributed by atoms with E-state index in [2.05, 4.69) is 39.5 Å². The van der Waals surface area contributed by atoms with Crippen LogP contribution in [0.2, 0.25) is 0 Å². The highest BCUT2D eigenvalue weighted by atomic mass is 16.1. The zero-order chi connectivity index (χ0) is 17.1. The Balaban J connectivity index is 1.25. The van der Waals surface area contributed by atoms with E-state index in [1.54, 1.807) is 0 Å². The molecule has 0 bridgehead atoms. The lowest BCUT2D eigenvalue weighted by Crippen LogP contribution is -2.33. The quantitative estimate of drug-likeness (QED) is 0.704. The molecule has 1 aliphatic heterocycles. The van der Waals surface area contributed by atoms with Crippen molar-refractivity contribution >= 4 is 16.8 Å². The largest absolute Gasteiger partial charge is 0.361 e. The first-order valence-corrected chi connectivity index (χ1v) is 8.94. The van der Waals surface area contributed by atoms with Gasteiger partial charge in [0, 0.05) is 43.5 Å². The molecular formula is C21H23N3O. The Labute approximate surface area is 147 Å². The van der Waals surface area contributed by atoms with E-state index in [-0.39, 0.29) is 5.91 Å². The molecule has 4 rings (SSSR count). The second-order valence-corrected chi connectivity index (χ2v) is 6.68. The Hall–Kier alpha value is -2.59. The zero-order valence-corrected chi connectivity index (χ0v) is 14.3. The molecule has 0 saturated heterocycles. The standard InChI is InChI=1S/C21H23N3O/c25-21(18-7-6-17-8-11-22-20(17)14-18)23-10-3-12-24-13-9-16-4-1-2-5-19(16)15-24/h1-2,4-8,11,14,22H,3,9-10,12-13,15H2,(H,23,25). The van der Waals surface area contributed by atoms with Crippen LogP contribution in [0.3, 0.4) is 0 Å². The average molecular weight is 333 g/mol. The Morgan fingerprint density at radius 3 is 2.92 bits per heavy atom. The molecule has 0 spiro atoms. The molecule has 0 atom stereocenters. The van der Waals surface area contributed by atoms with Crippen LogP contribution >= 0.6 is 0 Å². The van der Waals surface area contributed by atoms with E-state index in [9.17, 15) is 4.79 Å². The fourth-order valence-electron chi connectivity index (χ4n) is 3.54. The monoisotopic (exact) mass is 333 g/mol. The molecule has 0 aliphatic carbocycles. The van der Waals surface area contributed by atoms with Crippen molar-refractivity contribution in [2.24, 2.45) is 0 Å². The Morgan fingerprint density at radius 1 is 1.12 bits per heavy atom. The molecule has 0 radical (unpaired) electrons. The summed E-state index contributed by atoms with van der Waals surface area (Å²) < 4.78 is 0. The third-order valence-corrected chi connectivity index (χ3v) is 4.96. The molecule has 2 heterocycles. The number of aromatic nitrogens is 1. The normalized spacial score (nSPS) is 14.4. The predicted molar refractivity (Wildman–Crippen MR) is 101 cm³/mol. The van der Waals surface area contributed by atoms with Gasteiger partial charge in [-0.25, -0.2) is 0 Å². The number of H-pyrrole nitrogens is 1. The van der Waals surface area contributed by atoms with Crippen LogP contribution in [-0.4, -0.2) is 35.4 Å². The summed E-state index contributed by atoms with van der Waals surface area (Å²) >= 11 is 0. The van der Waals surface area contributed by atoms with Gasteiger partial charge in [-0.1, -0.05) is 30.3 Å². The molecule has 0 unspecified atom stereocenters. The van der Waals surface area contributed by atoms with Crippen molar-refractivity contribution in [3.8, 4) is 0 Å². The first kappa shape index (κ1) is 15.9. The van der Waals surface area contributed by atoms with Crippen LogP contribution in [0.25, 0.3) is 10.9 Å². The van der Waals surface area contributed by atoms with E-state index in [0.717, 1.165) is 43.4 Å². The van der Waals surface area contributed by atoms with Crippen LogP contribution in [-0.2, 0) is 13.0 Å². The first-order valence-electron chi connectivity index (χ1n) is 8.94. The topological polar surface area (TPSA) is 48.1 Å². The second-order valence-electron chi connectivity index (χ2n) is 6.68. The number of hydrogen-bond donors (Lipinski definition) is 2. The molecule has 1 aliphatic rings. The van der Waals surface area contributed by atoms with E-state index in [1.165, 1.54) is 11.1 Å². The summed E-state index contributed by atoms with van der Waals surface area (Å²) in [4.78, 5) is 17.9. The number of benzene rings is 2. The van der Waals surface area contributed by atoms with Crippen LogP contribution in [0.1, 0.15) is 27.9 Å². The number of nitrogens with one attached hydrogen (secondary N) is 2. The minimum Gasteiger partial charge on any atom is -0.361 e. The highest BCUT2D eigenvalue weighted by Crippen LogP contribution is 2.18. The molecular weight excluding hydrogens is 310 g/mol. The van der Waals surface area contributed by atoms with Crippen LogP contribution in [0.4, 0.5) is 0 Å². The summed E-state index contributed by atoms with van der Waals surface area (Å²) in [6, 6.07) is 16.5. The Bertz CT molecular complexity index is 883. The number of carbonyl (C=O) groups excluding carboxylic acids is 1. The maximum Gasteiger partial charge on any atom is 0.251 e. The molecule has 1 amide bonds. The number of hydrogen-bond acceptors (Lipinski definition) is 2. The molecule has 4 nitrogen and oxygen atoms in total. The van der Waals surface area contributed by atoms with E-state index < -0.39 is 0 Å².